The van der Waals surface area contributed by atoms with Gasteiger partial charge in [-0.3, -0.25) is 4.90 Å². The molecule has 1 aliphatic rings. The van der Waals surface area contributed by atoms with Crippen molar-refractivity contribution in [2.45, 2.75) is 18.9 Å². The molecule has 0 bridgehead atoms. The Morgan fingerprint density at radius 2 is 2.29 bits per heavy atom. The molecular weight excluding hydrogens is 284 g/mol. The fraction of sp³-hybridized carbons (Fsp3) is 0.667. The number of halogens is 1. The third kappa shape index (κ3) is 2.73. The van der Waals surface area contributed by atoms with Gasteiger partial charge in [0.15, 0.2) is 4.67 Å². The Balaban J connectivity index is 2.22. The number of hydrogen-bond acceptors (Lipinski definition) is 4. The van der Waals surface area contributed by atoms with E-state index in [9.17, 15) is 5.11 Å². The van der Waals surface area contributed by atoms with Crippen molar-refractivity contribution in [1.29, 1.82) is 0 Å². The number of nitrogens with one attached hydrogen (secondary N) is 1. The Hall–Kier alpha value is -0.360. The molecule has 0 saturated carbocycles. The summed E-state index contributed by atoms with van der Waals surface area (Å²) in [5, 5.41) is 13.1. The fourth-order valence-electron chi connectivity index (χ4n) is 2.28. The van der Waals surface area contributed by atoms with Crippen molar-refractivity contribution >= 4 is 15.9 Å². The van der Waals surface area contributed by atoms with Crippen molar-refractivity contribution < 1.29 is 9.52 Å². The summed E-state index contributed by atoms with van der Waals surface area (Å²) in [6, 6.07) is 3.80. The highest BCUT2D eigenvalue weighted by molar-refractivity contribution is 9.10. The molecule has 0 aromatic carbocycles. The lowest BCUT2D eigenvalue weighted by Crippen LogP contribution is -2.48. The van der Waals surface area contributed by atoms with Crippen molar-refractivity contribution in [2.24, 2.45) is 0 Å². The van der Waals surface area contributed by atoms with Crippen molar-refractivity contribution in [1.82, 2.24) is 10.2 Å². The number of rotatable bonds is 3. The van der Waals surface area contributed by atoms with Crippen LogP contribution in [0.4, 0.5) is 0 Å². The molecule has 1 aromatic rings. The zero-order valence-corrected chi connectivity index (χ0v) is 11.7. The largest absolute Gasteiger partial charge is 0.452 e. The molecule has 4 nitrogen and oxygen atoms in total. The average Bonchev–Trinajstić information content (AvgIpc) is 2.62. The molecule has 0 spiro atoms. The van der Waals surface area contributed by atoms with Crippen LogP contribution in [0, 0.1) is 0 Å². The standard InChI is InChI=1S/C12H19BrN2O2/c1-12(9-16,10-3-4-11(13)17-10)15-7-2-5-14-6-8-15/h3-4,14,16H,2,5-9H2,1H3. The van der Waals surface area contributed by atoms with Gasteiger partial charge in [-0.25, -0.2) is 0 Å². The van der Waals surface area contributed by atoms with Crippen LogP contribution in [0.3, 0.4) is 0 Å². The topological polar surface area (TPSA) is 48.6 Å². The molecule has 0 radical (unpaired) electrons. The minimum Gasteiger partial charge on any atom is -0.452 e. The first-order chi connectivity index (χ1) is 8.16. The van der Waals surface area contributed by atoms with Crippen molar-refractivity contribution in [3.05, 3.63) is 22.6 Å². The molecule has 5 heteroatoms. The summed E-state index contributed by atoms with van der Waals surface area (Å²) in [4.78, 5) is 2.29. The van der Waals surface area contributed by atoms with Gasteiger partial charge < -0.3 is 14.8 Å². The molecule has 17 heavy (non-hydrogen) atoms. The van der Waals surface area contributed by atoms with E-state index in [2.05, 4.69) is 26.1 Å². The Morgan fingerprint density at radius 1 is 1.47 bits per heavy atom. The van der Waals surface area contributed by atoms with Gasteiger partial charge in [0, 0.05) is 19.6 Å². The normalized spacial score (nSPS) is 22.1. The van der Waals surface area contributed by atoms with Crippen LogP contribution in [0.15, 0.2) is 21.2 Å². The maximum atomic E-state index is 9.75. The first-order valence-electron chi connectivity index (χ1n) is 5.99. The van der Waals surface area contributed by atoms with Crippen molar-refractivity contribution in [3.63, 3.8) is 0 Å². The minimum atomic E-state index is -0.432. The molecule has 0 amide bonds. The van der Waals surface area contributed by atoms with E-state index in [0.717, 1.165) is 38.4 Å². The molecule has 1 aromatic heterocycles. The van der Waals surface area contributed by atoms with Crippen LogP contribution in [0.25, 0.3) is 0 Å². The van der Waals surface area contributed by atoms with E-state index in [1.54, 1.807) is 0 Å². The number of nitrogens with zero attached hydrogens (tertiary/aromatic N) is 1. The zero-order valence-electron chi connectivity index (χ0n) is 10.1. The van der Waals surface area contributed by atoms with E-state index in [1.807, 2.05) is 19.1 Å². The van der Waals surface area contributed by atoms with E-state index in [-0.39, 0.29) is 6.61 Å². The van der Waals surface area contributed by atoms with E-state index in [1.165, 1.54) is 0 Å². The third-order valence-electron chi connectivity index (χ3n) is 3.45. The second kappa shape index (κ2) is 5.52. The summed E-state index contributed by atoms with van der Waals surface area (Å²) in [6.07, 6.45) is 1.09. The molecule has 1 atom stereocenters. The summed E-state index contributed by atoms with van der Waals surface area (Å²) < 4.78 is 6.34. The average molecular weight is 303 g/mol. The molecule has 1 saturated heterocycles. The summed E-state index contributed by atoms with van der Waals surface area (Å²) in [6.45, 7) is 5.99. The SMILES string of the molecule is CC(CO)(c1ccc(Br)o1)N1CCCNCC1. The van der Waals surface area contributed by atoms with Gasteiger partial charge in [-0.1, -0.05) is 0 Å². The van der Waals surface area contributed by atoms with Crippen LogP contribution in [0.5, 0.6) is 0 Å². The van der Waals surface area contributed by atoms with Crippen LogP contribution in [-0.4, -0.2) is 42.8 Å². The van der Waals surface area contributed by atoms with Crippen molar-refractivity contribution in [2.75, 3.05) is 32.8 Å². The lowest BCUT2D eigenvalue weighted by Gasteiger charge is -2.37. The maximum Gasteiger partial charge on any atom is 0.169 e. The highest BCUT2D eigenvalue weighted by Gasteiger charge is 2.36. The van der Waals surface area contributed by atoms with Crippen LogP contribution in [-0.2, 0) is 5.54 Å². The summed E-state index contributed by atoms with van der Waals surface area (Å²) in [5.41, 5.74) is -0.432. The van der Waals surface area contributed by atoms with Gasteiger partial charge in [0.25, 0.3) is 0 Å². The minimum absolute atomic E-state index is 0.0625. The summed E-state index contributed by atoms with van der Waals surface area (Å²) in [7, 11) is 0. The second-order valence-electron chi connectivity index (χ2n) is 4.63. The van der Waals surface area contributed by atoms with Crippen molar-refractivity contribution in [3.8, 4) is 0 Å². The van der Waals surface area contributed by atoms with Gasteiger partial charge >= 0.3 is 0 Å². The summed E-state index contributed by atoms with van der Waals surface area (Å²) in [5.74, 6) is 0.814. The van der Waals surface area contributed by atoms with E-state index in [4.69, 9.17) is 4.42 Å². The van der Waals surface area contributed by atoms with Gasteiger partial charge in [-0.15, -0.1) is 0 Å². The van der Waals surface area contributed by atoms with Crippen LogP contribution in [0.2, 0.25) is 0 Å². The quantitative estimate of drug-likeness (QED) is 0.889. The molecule has 1 aliphatic heterocycles. The second-order valence-corrected chi connectivity index (χ2v) is 5.41. The van der Waals surface area contributed by atoms with Crippen LogP contribution >= 0.6 is 15.9 Å². The Kier molecular flexibility index (Phi) is 4.25. The molecule has 1 unspecified atom stereocenters. The lowest BCUT2D eigenvalue weighted by molar-refractivity contribution is 0.0276. The van der Waals surface area contributed by atoms with Gasteiger partial charge in [0.1, 0.15) is 5.76 Å². The molecule has 96 valence electrons. The van der Waals surface area contributed by atoms with E-state index >= 15 is 0 Å². The number of furan rings is 1. The number of aliphatic hydroxyl groups is 1. The van der Waals surface area contributed by atoms with Gasteiger partial charge in [0.2, 0.25) is 0 Å². The maximum absolute atomic E-state index is 9.75. The smallest absolute Gasteiger partial charge is 0.169 e. The lowest BCUT2D eigenvalue weighted by atomic mass is 9.97. The van der Waals surface area contributed by atoms with Gasteiger partial charge in [0.05, 0.1) is 12.1 Å². The predicted octanol–water partition coefficient (Wildman–Crippen LogP) is 1.54. The Morgan fingerprint density at radius 3 is 2.94 bits per heavy atom. The highest BCUT2D eigenvalue weighted by Crippen LogP contribution is 2.31. The monoisotopic (exact) mass is 302 g/mol. The first kappa shape index (κ1) is 13.1. The molecule has 1 fully saturated rings. The molecular formula is C12H19BrN2O2. The third-order valence-corrected chi connectivity index (χ3v) is 3.88. The first-order valence-corrected chi connectivity index (χ1v) is 6.78. The van der Waals surface area contributed by atoms with Gasteiger partial charge in [-0.05, 0) is 48.0 Å². The Labute approximate surface area is 110 Å². The van der Waals surface area contributed by atoms with Gasteiger partial charge in [-0.2, -0.15) is 0 Å². The predicted molar refractivity (Wildman–Crippen MR) is 69.9 cm³/mol. The summed E-state index contributed by atoms with van der Waals surface area (Å²) >= 11 is 3.31. The highest BCUT2D eigenvalue weighted by atomic mass is 79.9. The fourth-order valence-corrected chi connectivity index (χ4v) is 2.58. The zero-order chi connectivity index (χ0) is 12.3. The van der Waals surface area contributed by atoms with Crippen LogP contribution < -0.4 is 5.32 Å². The molecule has 0 aliphatic carbocycles. The Bertz CT molecular complexity index is 361. The molecule has 2 rings (SSSR count). The van der Waals surface area contributed by atoms with E-state index in [0.29, 0.717) is 4.67 Å². The molecule has 2 N–H and O–H groups in total. The molecule has 2 heterocycles. The number of aliphatic hydroxyl groups excluding tert-OH is 1. The number of hydrogen-bond donors (Lipinski definition) is 2. The van der Waals surface area contributed by atoms with Crippen LogP contribution in [0.1, 0.15) is 19.1 Å². The van der Waals surface area contributed by atoms with E-state index < -0.39 is 5.54 Å².